The van der Waals surface area contributed by atoms with E-state index in [9.17, 15) is 9.59 Å². The molecule has 0 spiro atoms. The first-order valence-corrected chi connectivity index (χ1v) is 9.04. The first-order chi connectivity index (χ1) is 12.2. The molecule has 25 heavy (non-hydrogen) atoms. The lowest BCUT2D eigenvalue weighted by molar-refractivity contribution is 0.0578. The predicted molar refractivity (Wildman–Crippen MR) is 94.3 cm³/mol. The van der Waals surface area contributed by atoms with Crippen molar-refractivity contribution >= 4 is 0 Å². The molecule has 0 fully saturated rings. The van der Waals surface area contributed by atoms with Gasteiger partial charge in [-0.3, -0.25) is 14.3 Å². The molecule has 7 heteroatoms. The van der Waals surface area contributed by atoms with E-state index in [0.29, 0.717) is 24.4 Å². The lowest BCUT2D eigenvalue weighted by Crippen LogP contribution is -2.34. The van der Waals surface area contributed by atoms with E-state index in [1.54, 1.807) is 6.08 Å². The van der Waals surface area contributed by atoms with Gasteiger partial charge in [-0.25, -0.2) is 4.79 Å². The Morgan fingerprint density at radius 1 is 1.28 bits per heavy atom. The number of rotatable bonds is 11. The van der Waals surface area contributed by atoms with Gasteiger partial charge in [0.15, 0.2) is 6.23 Å². The van der Waals surface area contributed by atoms with Gasteiger partial charge in [-0.15, -0.1) is 0 Å². The minimum Gasteiger partial charge on any atom is -0.472 e. The number of aliphatic hydroxyl groups excluding tert-OH is 1. The van der Waals surface area contributed by atoms with E-state index in [1.165, 1.54) is 36.4 Å². The van der Waals surface area contributed by atoms with Crippen molar-refractivity contribution in [3.63, 3.8) is 0 Å². The molecule has 0 amide bonds. The van der Waals surface area contributed by atoms with E-state index >= 15 is 0 Å². The van der Waals surface area contributed by atoms with Gasteiger partial charge in [0.25, 0.3) is 5.56 Å². The summed E-state index contributed by atoms with van der Waals surface area (Å²) in [4.78, 5) is 26.2. The van der Waals surface area contributed by atoms with Crippen LogP contribution in [0.4, 0.5) is 0 Å². The molecule has 1 atom stereocenters. The van der Waals surface area contributed by atoms with Gasteiger partial charge in [0, 0.05) is 19.2 Å². The third kappa shape index (κ3) is 5.86. The van der Waals surface area contributed by atoms with Gasteiger partial charge >= 0.3 is 5.69 Å². The summed E-state index contributed by atoms with van der Waals surface area (Å²) in [6.07, 6.45) is 10.2. The lowest BCUT2D eigenvalue weighted by Gasteiger charge is -2.16. The summed E-state index contributed by atoms with van der Waals surface area (Å²) in [5.41, 5.74) is -0.563. The SMILES string of the molecule is CCCCCCCCOCc1cn([C@H]2CC=C(CO)O2)c(=O)[nH]c1=O. The zero-order chi connectivity index (χ0) is 18.1. The van der Waals surface area contributed by atoms with Crippen LogP contribution in [0.15, 0.2) is 27.6 Å². The molecule has 2 heterocycles. The topological polar surface area (TPSA) is 93.6 Å². The molecule has 0 unspecified atom stereocenters. The van der Waals surface area contributed by atoms with Crippen molar-refractivity contribution < 1.29 is 14.6 Å². The molecule has 1 aromatic heterocycles. The third-order valence-corrected chi connectivity index (χ3v) is 4.24. The Bertz CT molecular complexity index is 677. The maximum Gasteiger partial charge on any atom is 0.331 e. The molecule has 1 aromatic rings. The summed E-state index contributed by atoms with van der Waals surface area (Å²) in [5, 5.41) is 9.07. The maximum atomic E-state index is 12.0. The van der Waals surface area contributed by atoms with E-state index in [0.717, 1.165) is 12.8 Å². The van der Waals surface area contributed by atoms with Crippen molar-refractivity contribution in [1.82, 2.24) is 9.55 Å². The van der Waals surface area contributed by atoms with Gasteiger partial charge in [0.05, 0.1) is 12.2 Å². The van der Waals surface area contributed by atoms with Crippen LogP contribution in [0.1, 0.15) is 63.7 Å². The molecular weight excluding hydrogens is 324 g/mol. The average Bonchev–Trinajstić information content (AvgIpc) is 3.07. The fourth-order valence-electron chi connectivity index (χ4n) is 2.79. The van der Waals surface area contributed by atoms with Crippen LogP contribution >= 0.6 is 0 Å². The number of aliphatic hydroxyl groups is 1. The number of nitrogens with zero attached hydrogens (tertiary/aromatic N) is 1. The van der Waals surface area contributed by atoms with Crippen LogP contribution in [0, 0.1) is 0 Å². The second kappa shape index (κ2) is 10.2. The third-order valence-electron chi connectivity index (χ3n) is 4.24. The molecule has 140 valence electrons. The van der Waals surface area contributed by atoms with E-state index in [-0.39, 0.29) is 13.2 Å². The fourth-order valence-corrected chi connectivity index (χ4v) is 2.79. The molecule has 1 aliphatic heterocycles. The standard InChI is InChI=1S/C18H28N2O5/c1-2-3-4-5-6-7-10-24-13-14-11-20(18(23)19-17(14)22)16-9-8-15(12-21)25-16/h8,11,16,21H,2-7,9-10,12-13H2,1H3,(H,19,22,23)/t16-/m1/s1. The normalized spacial score (nSPS) is 16.7. The zero-order valence-corrected chi connectivity index (χ0v) is 14.8. The number of hydrogen-bond donors (Lipinski definition) is 2. The quantitative estimate of drug-likeness (QED) is 0.596. The number of unbranched alkanes of at least 4 members (excludes halogenated alkanes) is 5. The molecule has 0 aromatic carbocycles. The highest BCUT2D eigenvalue weighted by atomic mass is 16.5. The van der Waals surface area contributed by atoms with E-state index in [4.69, 9.17) is 14.6 Å². The first kappa shape index (κ1) is 19.5. The number of H-pyrrole nitrogens is 1. The van der Waals surface area contributed by atoms with Crippen LogP contribution in [0.2, 0.25) is 0 Å². The summed E-state index contributed by atoms with van der Waals surface area (Å²) in [7, 11) is 0. The van der Waals surface area contributed by atoms with Gasteiger partial charge in [0.2, 0.25) is 0 Å². The van der Waals surface area contributed by atoms with Crippen LogP contribution in [-0.4, -0.2) is 27.9 Å². The number of hydrogen-bond acceptors (Lipinski definition) is 5. The highest BCUT2D eigenvalue weighted by molar-refractivity contribution is 5.06. The van der Waals surface area contributed by atoms with E-state index < -0.39 is 17.5 Å². The summed E-state index contributed by atoms with van der Waals surface area (Å²) in [5.74, 6) is 0.434. The molecule has 0 saturated carbocycles. The largest absolute Gasteiger partial charge is 0.472 e. The van der Waals surface area contributed by atoms with Crippen molar-refractivity contribution in [2.75, 3.05) is 13.2 Å². The van der Waals surface area contributed by atoms with Crippen LogP contribution < -0.4 is 11.2 Å². The number of nitrogens with one attached hydrogen (secondary N) is 1. The first-order valence-electron chi connectivity index (χ1n) is 9.04. The predicted octanol–water partition coefficient (Wildman–Crippen LogP) is 2.21. The molecule has 0 saturated heterocycles. The van der Waals surface area contributed by atoms with Crippen LogP contribution in [0.3, 0.4) is 0 Å². The van der Waals surface area contributed by atoms with Crippen molar-refractivity contribution in [2.24, 2.45) is 0 Å². The fraction of sp³-hybridized carbons (Fsp3) is 0.667. The minimum atomic E-state index is -0.538. The summed E-state index contributed by atoms with van der Waals surface area (Å²) in [6, 6.07) is 0. The van der Waals surface area contributed by atoms with Gasteiger partial charge in [-0.1, -0.05) is 39.0 Å². The Kier molecular flexibility index (Phi) is 7.94. The summed E-state index contributed by atoms with van der Waals surface area (Å²) < 4.78 is 12.4. The van der Waals surface area contributed by atoms with Gasteiger partial charge in [-0.2, -0.15) is 0 Å². The number of aromatic nitrogens is 2. The summed E-state index contributed by atoms with van der Waals surface area (Å²) >= 11 is 0. The Morgan fingerprint density at radius 3 is 2.76 bits per heavy atom. The molecule has 0 bridgehead atoms. The van der Waals surface area contributed by atoms with Gasteiger partial charge < -0.3 is 14.6 Å². The van der Waals surface area contributed by atoms with Crippen molar-refractivity contribution in [3.8, 4) is 0 Å². The van der Waals surface area contributed by atoms with Gasteiger partial charge in [-0.05, 0) is 12.5 Å². The zero-order valence-electron chi connectivity index (χ0n) is 14.8. The monoisotopic (exact) mass is 352 g/mol. The van der Waals surface area contributed by atoms with Crippen molar-refractivity contribution in [1.29, 1.82) is 0 Å². The Hall–Kier alpha value is -1.86. The smallest absolute Gasteiger partial charge is 0.331 e. The second-order valence-corrected chi connectivity index (χ2v) is 6.28. The molecule has 0 radical (unpaired) electrons. The van der Waals surface area contributed by atoms with E-state index in [2.05, 4.69) is 11.9 Å². The van der Waals surface area contributed by atoms with Crippen LogP contribution in [0.5, 0.6) is 0 Å². The Labute approximate surface area is 147 Å². The molecule has 7 nitrogen and oxygen atoms in total. The molecule has 1 aliphatic rings. The van der Waals surface area contributed by atoms with Crippen LogP contribution in [0.25, 0.3) is 0 Å². The summed E-state index contributed by atoms with van der Waals surface area (Å²) in [6.45, 7) is 2.75. The molecule has 2 rings (SSSR count). The molecule has 2 N–H and O–H groups in total. The lowest BCUT2D eigenvalue weighted by atomic mass is 10.1. The van der Waals surface area contributed by atoms with Gasteiger partial charge in [0.1, 0.15) is 12.4 Å². The van der Waals surface area contributed by atoms with Crippen molar-refractivity contribution in [2.45, 2.75) is 64.7 Å². The average molecular weight is 352 g/mol. The highest BCUT2D eigenvalue weighted by Gasteiger charge is 2.21. The Morgan fingerprint density at radius 2 is 2.04 bits per heavy atom. The second-order valence-electron chi connectivity index (χ2n) is 6.28. The van der Waals surface area contributed by atoms with Crippen molar-refractivity contribution in [3.05, 3.63) is 44.4 Å². The molecule has 0 aliphatic carbocycles. The maximum absolute atomic E-state index is 12.0. The Balaban J connectivity index is 1.84. The minimum absolute atomic E-state index is 0.164. The van der Waals surface area contributed by atoms with Crippen LogP contribution in [-0.2, 0) is 16.1 Å². The highest BCUT2D eigenvalue weighted by Crippen LogP contribution is 2.24. The number of aromatic amines is 1. The number of ether oxygens (including phenoxy) is 2. The molecular formula is C18H28N2O5. The van der Waals surface area contributed by atoms with E-state index in [1.807, 2.05) is 0 Å².